The molecule has 3 N–H and O–H groups in total. The van der Waals surface area contributed by atoms with E-state index in [1.54, 1.807) is 25.8 Å². The van der Waals surface area contributed by atoms with Gasteiger partial charge in [-0.2, -0.15) is 0 Å². The van der Waals surface area contributed by atoms with E-state index in [1.165, 1.54) is 0 Å². The maximum Gasteiger partial charge on any atom is 0.235 e. The molecule has 0 aliphatic heterocycles. The van der Waals surface area contributed by atoms with Gasteiger partial charge in [0, 0.05) is 13.6 Å². The fourth-order valence-electron chi connectivity index (χ4n) is 1.27. The Kier molecular flexibility index (Phi) is 5.27. The van der Waals surface area contributed by atoms with E-state index in [2.05, 4.69) is 19.0 Å². The summed E-state index contributed by atoms with van der Waals surface area (Å²) >= 11 is 0. The molecule has 0 fully saturated rings. The van der Waals surface area contributed by atoms with Crippen LogP contribution in [0.2, 0.25) is 0 Å². The van der Waals surface area contributed by atoms with Gasteiger partial charge in [0.1, 0.15) is 5.41 Å². The first-order chi connectivity index (χ1) is 7.23. The third kappa shape index (κ3) is 3.72. The number of amidine groups is 1. The highest BCUT2D eigenvalue weighted by atomic mass is 16.4. The zero-order valence-electron chi connectivity index (χ0n) is 10.8. The second kappa shape index (κ2) is 5.72. The molecule has 5 nitrogen and oxygen atoms in total. The van der Waals surface area contributed by atoms with Gasteiger partial charge in [0.2, 0.25) is 5.91 Å². The third-order valence-electron chi connectivity index (χ3n) is 2.67. The number of hydrogen-bond donors (Lipinski definition) is 2. The lowest BCUT2D eigenvalue weighted by atomic mass is 9.90. The monoisotopic (exact) mass is 229 g/mol. The van der Waals surface area contributed by atoms with Gasteiger partial charge in [0.05, 0.1) is 0 Å². The van der Waals surface area contributed by atoms with Crippen molar-refractivity contribution < 1.29 is 10.0 Å². The molecule has 94 valence electrons. The Hall–Kier alpha value is -1.26. The molecule has 0 bridgehead atoms. The zero-order chi connectivity index (χ0) is 12.9. The quantitative estimate of drug-likeness (QED) is 0.322. The van der Waals surface area contributed by atoms with Crippen molar-refractivity contribution in [2.24, 2.45) is 22.2 Å². The molecule has 0 rings (SSSR count). The Bertz CT molecular complexity index is 272. The van der Waals surface area contributed by atoms with Crippen molar-refractivity contribution in [1.29, 1.82) is 0 Å². The van der Waals surface area contributed by atoms with Crippen molar-refractivity contribution in [3.63, 3.8) is 0 Å². The van der Waals surface area contributed by atoms with Gasteiger partial charge in [-0.1, -0.05) is 19.0 Å². The van der Waals surface area contributed by atoms with Gasteiger partial charge in [-0.25, -0.2) is 0 Å². The standard InChI is InChI=1S/C11H23N3O2/c1-8(2)6-7-14(5)10(15)11(3,4)9(12)13-16/h8,16H,6-7H2,1-5H3,(H2,12,13). The first-order valence-electron chi connectivity index (χ1n) is 5.47. The van der Waals surface area contributed by atoms with E-state index in [-0.39, 0.29) is 11.7 Å². The largest absolute Gasteiger partial charge is 0.409 e. The van der Waals surface area contributed by atoms with Crippen LogP contribution in [0, 0.1) is 11.3 Å². The lowest BCUT2D eigenvalue weighted by Crippen LogP contribution is -2.47. The van der Waals surface area contributed by atoms with Gasteiger partial charge >= 0.3 is 0 Å². The summed E-state index contributed by atoms with van der Waals surface area (Å²) in [6, 6.07) is 0. The number of carbonyl (C=O) groups excluding carboxylic acids is 1. The molecular weight excluding hydrogens is 206 g/mol. The van der Waals surface area contributed by atoms with Crippen LogP contribution >= 0.6 is 0 Å². The van der Waals surface area contributed by atoms with Gasteiger partial charge in [-0.3, -0.25) is 4.79 Å². The lowest BCUT2D eigenvalue weighted by molar-refractivity contribution is -0.135. The second-order valence-electron chi connectivity index (χ2n) is 5.02. The summed E-state index contributed by atoms with van der Waals surface area (Å²) in [6.07, 6.45) is 0.939. The highest BCUT2D eigenvalue weighted by Crippen LogP contribution is 2.19. The minimum atomic E-state index is -0.958. The number of carbonyl (C=O) groups is 1. The molecule has 16 heavy (non-hydrogen) atoms. The van der Waals surface area contributed by atoms with Crippen molar-refractivity contribution in [1.82, 2.24) is 4.90 Å². The molecule has 0 radical (unpaired) electrons. The van der Waals surface area contributed by atoms with Gasteiger partial charge in [-0.05, 0) is 26.2 Å². The van der Waals surface area contributed by atoms with Gasteiger partial charge in [0.15, 0.2) is 5.84 Å². The average Bonchev–Trinajstić information content (AvgIpc) is 2.23. The Morgan fingerprint density at radius 2 is 2.00 bits per heavy atom. The van der Waals surface area contributed by atoms with E-state index in [0.717, 1.165) is 6.42 Å². The van der Waals surface area contributed by atoms with Gasteiger partial charge < -0.3 is 15.8 Å². The first-order valence-corrected chi connectivity index (χ1v) is 5.47. The lowest BCUT2D eigenvalue weighted by Gasteiger charge is -2.28. The van der Waals surface area contributed by atoms with Crippen LogP contribution in [0.3, 0.4) is 0 Å². The van der Waals surface area contributed by atoms with E-state index in [1.807, 2.05) is 0 Å². The normalized spacial score (nSPS) is 13.0. The SMILES string of the molecule is CC(C)CCN(C)C(=O)C(C)(C)C(N)=NO. The summed E-state index contributed by atoms with van der Waals surface area (Å²) in [5.74, 6) is 0.347. The summed E-state index contributed by atoms with van der Waals surface area (Å²) < 4.78 is 0. The Morgan fingerprint density at radius 3 is 2.38 bits per heavy atom. The number of nitrogens with two attached hydrogens (primary N) is 1. The van der Waals surface area contributed by atoms with E-state index < -0.39 is 5.41 Å². The molecule has 0 saturated heterocycles. The topological polar surface area (TPSA) is 78.9 Å². The highest BCUT2D eigenvalue weighted by molar-refractivity contribution is 6.05. The fraction of sp³-hybridized carbons (Fsp3) is 0.818. The summed E-state index contributed by atoms with van der Waals surface area (Å²) in [4.78, 5) is 13.7. The third-order valence-corrected chi connectivity index (χ3v) is 2.67. The van der Waals surface area contributed by atoms with Crippen LogP contribution < -0.4 is 5.73 Å². The summed E-state index contributed by atoms with van der Waals surface area (Å²) in [6.45, 7) is 8.19. The van der Waals surface area contributed by atoms with Crippen LogP contribution in [0.25, 0.3) is 0 Å². The Morgan fingerprint density at radius 1 is 1.50 bits per heavy atom. The number of amides is 1. The van der Waals surface area contributed by atoms with Crippen molar-refractivity contribution >= 4 is 11.7 Å². The van der Waals surface area contributed by atoms with E-state index in [4.69, 9.17) is 10.9 Å². The molecule has 0 aromatic rings. The smallest absolute Gasteiger partial charge is 0.235 e. The number of hydrogen-bond acceptors (Lipinski definition) is 3. The van der Waals surface area contributed by atoms with E-state index in [0.29, 0.717) is 12.5 Å². The van der Waals surface area contributed by atoms with Gasteiger partial charge in [-0.15, -0.1) is 0 Å². The van der Waals surface area contributed by atoms with Crippen molar-refractivity contribution in [3.05, 3.63) is 0 Å². The van der Waals surface area contributed by atoms with Gasteiger partial charge in [0.25, 0.3) is 0 Å². The van der Waals surface area contributed by atoms with Crippen LogP contribution in [0.5, 0.6) is 0 Å². The zero-order valence-corrected chi connectivity index (χ0v) is 10.8. The summed E-state index contributed by atoms with van der Waals surface area (Å²) in [7, 11) is 1.73. The predicted octanol–water partition coefficient (Wildman–Crippen LogP) is 1.26. The molecule has 0 aromatic carbocycles. The first kappa shape index (κ1) is 14.7. The van der Waals surface area contributed by atoms with Crippen LogP contribution in [0.15, 0.2) is 5.16 Å². The predicted molar refractivity (Wildman–Crippen MR) is 64.3 cm³/mol. The Labute approximate surface area is 97.3 Å². The minimum absolute atomic E-state index is 0.0612. The highest BCUT2D eigenvalue weighted by Gasteiger charge is 2.35. The van der Waals surface area contributed by atoms with E-state index >= 15 is 0 Å². The molecule has 0 aliphatic rings. The van der Waals surface area contributed by atoms with Crippen LogP contribution in [-0.2, 0) is 4.79 Å². The van der Waals surface area contributed by atoms with Crippen LogP contribution in [0.4, 0.5) is 0 Å². The molecule has 1 amide bonds. The Balaban J connectivity index is 4.54. The molecule has 0 unspecified atom stereocenters. The summed E-state index contributed by atoms with van der Waals surface area (Å²) in [5.41, 5.74) is 4.54. The maximum absolute atomic E-state index is 12.0. The molecule has 0 heterocycles. The van der Waals surface area contributed by atoms with Crippen molar-refractivity contribution in [2.75, 3.05) is 13.6 Å². The number of nitrogens with zero attached hydrogens (tertiary/aromatic N) is 2. The second-order valence-corrected chi connectivity index (χ2v) is 5.02. The average molecular weight is 229 g/mol. The molecule has 0 aliphatic carbocycles. The number of rotatable bonds is 5. The van der Waals surface area contributed by atoms with Crippen molar-refractivity contribution in [3.8, 4) is 0 Å². The maximum atomic E-state index is 12.0. The molecular formula is C11H23N3O2. The fourth-order valence-corrected chi connectivity index (χ4v) is 1.27. The molecule has 0 saturated carbocycles. The molecule has 5 heteroatoms. The van der Waals surface area contributed by atoms with Crippen LogP contribution in [0.1, 0.15) is 34.1 Å². The minimum Gasteiger partial charge on any atom is -0.409 e. The summed E-state index contributed by atoms with van der Waals surface area (Å²) in [5, 5.41) is 11.5. The molecule has 0 aromatic heterocycles. The molecule has 0 spiro atoms. The van der Waals surface area contributed by atoms with Crippen LogP contribution in [-0.4, -0.2) is 35.4 Å². The van der Waals surface area contributed by atoms with Crippen molar-refractivity contribution in [2.45, 2.75) is 34.1 Å². The molecule has 0 atom stereocenters. The van der Waals surface area contributed by atoms with E-state index in [9.17, 15) is 4.79 Å². The number of oxime groups is 1.